The zero-order valence-corrected chi connectivity index (χ0v) is 19.1. The summed E-state index contributed by atoms with van der Waals surface area (Å²) < 4.78 is 26.9. The highest BCUT2D eigenvalue weighted by molar-refractivity contribution is 7.89. The molecule has 1 aliphatic rings. The number of hydrogen-bond acceptors (Lipinski definition) is 5. The lowest BCUT2D eigenvalue weighted by Gasteiger charge is -2.33. The summed E-state index contributed by atoms with van der Waals surface area (Å²) >= 11 is 0. The van der Waals surface area contributed by atoms with Gasteiger partial charge in [0.2, 0.25) is 10.0 Å². The lowest BCUT2D eigenvalue weighted by molar-refractivity contribution is -0.384. The molecule has 0 atom stereocenters. The zero-order chi connectivity index (χ0) is 22.9. The van der Waals surface area contributed by atoms with E-state index in [0.29, 0.717) is 37.8 Å². The first-order valence-corrected chi connectivity index (χ1v) is 12.4. The number of rotatable bonds is 7. The third kappa shape index (κ3) is 4.10. The molecule has 4 rings (SSSR count). The van der Waals surface area contributed by atoms with Gasteiger partial charge in [-0.25, -0.2) is 8.42 Å². The topological polar surface area (TPSA) is 99.6 Å². The smallest absolute Gasteiger partial charge is 0.293 e. The van der Waals surface area contributed by atoms with Crippen molar-refractivity contribution in [1.29, 1.82) is 0 Å². The second kappa shape index (κ2) is 8.91. The number of nitro benzene ring substituents is 1. The molecule has 0 saturated carbocycles. The Bertz CT molecular complexity index is 1190. The van der Waals surface area contributed by atoms with Gasteiger partial charge in [-0.2, -0.15) is 4.31 Å². The fourth-order valence-electron chi connectivity index (χ4n) is 4.54. The third-order valence-corrected chi connectivity index (χ3v) is 8.36. The highest BCUT2D eigenvalue weighted by atomic mass is 32.2. The minimum absolute atomic E-state index is 0.0374. The molecule has 170 valence electrons. The van der Waals surface area contributed by atoms with Crippen LogP contribution in [-0.2, 0) is 10.0 Å². The van der Waals surface area contributed by atoms with Crippen LogP contribution in [0.5, 0.6) is 0 Å². The predicted octanol–water partition coefficient (Wildman–Crippen LogP) is 4.49. The monoisotopic (exact) mass is 456 g/mol. The van der Waals surface area contributed by atoms with Gasteiger partial charge in [0.05, 0.1) is 9.82 Å². The summed E-state index contributed by atoms with van der Waals surface area (Å²) in [6.07, 6.45) is 1.73. The Kier molecular flexibility index (Phi) is 6.21. The number of sulfonamides is 1. The first kappa shape index (κ1) is 22.3. The van der Waals surface area contributed by atoms with Gasteiger partial charge in [-0.3, -0.25) is 10.1 Å². The van der Waals surface area contributed by atoms with E-state index in [1.807, 2.05) is 17.0 Å². The number of nitrogens with one attached hydrogen (secondary N) is 1. The standard InChI is InChI=1S/C23H28N4O4S/c1-3-26(4-2)32(30,31)19-9-10-22(23(16-19)27(28)29)25-13-11-17(12-14-25)21-15-18-7-5-6-8-20(18)24-21/h5-10,15-17,24H,3-4,11-14H2,1-2H3. The van der Waals surface area contributed by atoms with E-state index >= 15 is 0 Å². The molecule has 0 unspecified atom stereocenters. The third-order valence-electron chi connectivity index (χ3n) is 6.31. The van der Waals surface area contributed by atoms with Crippen molar-refractivity contribution in [2.24, 2.45) is 0 Å². The van der Waals surface area contributed by atoms with Crippen LogP contribution in [0, 0.1) is 10.1 Å². The Balaban J connectivity index is 1.55. The largest absolute Gasteiger partial charge is 0.366 e. The van der Waals surface area contributed by atoms with Crippen LogP contribution in [0.3, 0.4) is 0 Å². The number of para-hydroxylation sites is 1. The highest BCUT2D eigenvalue weighted by Crippen LogP contribution is 2.36. The number of piperidine rings is 1. The zero-order valence-electron chi connectivity index (χ0n) is 18.3. The lowest BCUT2D eigenvalue weighted by Crippen LogP contribution is -2.34. The summed E-state index contributed by atoms with van der Waals surface area (Å²) in [5.41, 5.74) is 2.62. The van der Waals surface area contributed by atoms with E-state index < -0.39 is 14.9 Å². The molecule has 0 amide bonds. The van der Waals surface area contributed by atoms with Gasteiger partial charge < -0.3 is 9.88 Å². The molecule has 2 aromatic carbocycles. The molecule has 3 aromatic rings. The van der Waals surface area contributed by atoms with Crippen LogP contribution in [0.1, 0.15) is 38.3 Å². The fourth-order valence-corrected chi connectivity index (χ4v) is 6.02. The molecule has 1 saturated heterocycles. The van der Waals surface area contributed by atoms with Gasteiger partial charge in [-0.15, -0.1) is 0 Å². The van der Waals surface area contributed by atoms with Crippen LogP contribution in [-0.4, -0.2) is 48.8 Å². The number of hydrogen-bond donors (Lipinski definition) is 1. The van der Waals surface area contributed by atoms with Crippen LogP contribution >= 0.6 is 0 Å². The van der Waals surface area contributed by atoms with E-state index in [1.165, 1.54) is 27.5 Å². The van der Waals surface area contributed by atoms with Crippen molar-refractivity contribution in [1.82, 2.24) is 9.29 Å². The number of fused-ring (bicyclic) bond motifs is 1. The van der Waals surface area contributed by atoms with Crippen molar-refractivity contribution in [3.8, 4) is 0 Å². The van der Waals surface area contributed by atoms with Crippen molar-refractivity contribution >= 4 is 32.3 Å². The number of H-pyrrole nitrogens is 1. The Labute approximate surface area is 188 Å². The molecular formula is C23H28N4O4S. The van der Waals surface area contributed by atoms with Crippen molar-refractivity contribution < 1.29 is 13.3 Å². The molecule has 1 aliphatic heterocycles. The summed E-state index contributed by atoms with van der Waals surface area (Å²) in [7, 11) is -3.76. The minimum atomic E-state index is -3.76. The molecule has 1 N–H and O–H groups in total. The molecule has 0 spiro atoms. The normalized spacial score (nSPS) is 15.5. The van der Waals surface area contributed by atoms with E-state index in [1.54, 1.807) is 19.9 Å². The molecule has 0 radical (unpaired) electrons. The molecule has 0 bridgehead atoms. The molecule has 1 aromatic heterocycles. The maximum absolute atomic E-state index is 12.8. The van der Waals surface area contributed by atoms with Crippen molar-refractivity contribution in [2.45, 2.75) is 37.5 Å². The van der Waals surface area contributed by atoms with Crippen molar-refractivity contribution in [2.75, 3.05) is 31.1 Å². The van der Waals surface area contributed by atoms with Gasteiger partial charge in [0, 0.05) is 49.4 Å². The van der Waals surface area contributed by atoms with Gasteiger partial charge in [0.1, 0.15) is 5.69 Å². The number of aromatic nitrogens is 1. The van der Waals surface area contributed by atoms with Gasteiger partial charge in [-0.05, 0) is 42.5 Å². The van der Waals surface area contributed by atoms with Crippen LogP contribution in [0.15, 0.2) is 53.4 Å². The summed E-state index contributed by atoms with van der Waals surface area (Å²) in [5, 5.41) is 13.0. The van der Waals surface area contributed by atoms with Crippen LogP contribution in [0.25, 0.3) is 10.9 Å². The minimum Gasteiger partial charge on any atom is -0.366 e. The van der Waals surface area contributed by atoms with Gasteiger partial charge in [0.25, 0.3) is 5.69 Å². The number of nitrogens with zero attached hydrogens (tertiary/aromatic N) is 3. The number of anilines is 1. The average molecular weight is 457 g/mol. The quantitative estimate of drug-likeness (QED) is 0.417. The van der Waals surface area contributed by atoms with E-state index in [9.17, 15) is 18.5 Å². The maximum atomic E-state index is 12.8. The molecular weight excluding hydrogens is 428 g/mol. The first-order chi connectivity index (χ1) is 15.3. The second-order valence-corrected chi connectivity index (χ2v) is 10.0. The Morgan fingerprint density at radius 2 is 1.78 bits per heavy atom. The van der Waals surface area contributed by atoms with Gasteiger partial charge in [0.15, 0.2) is 0 Å². The Hall–Kier alpha value is -2.91. The molecule has 9 heteroatoms. The van der Waals surface area contributed by atoms with Crippen molar-refractivity contribution in [3.63, 3.8) is 0 Å². The average Bonchev–Trinajstić information content (AvgIpc) is 3.24. The highest BCUT2D eigenvalue weighted by Gasteiger charge is 2.29. The summed E-state index contributed by atoms with van der Waals surface area (Å²) in [4.78, 5) is 16.8. The first-order valence-electron chi connectivity index (χ1n) is 11.0. The molecule has 0 aliphatic carbocycles. The lowest BCUT2D eigenvalue weighted by atomic mass is 9.93. The second-order valence-electron chi connectivity index (χ2n) is 8.07. The number of aromatic amines is 1. The van der Waals surface area contributed by atoms with E-state index in [4.69, 9.17) is 0 Å². The maximum Gasteiger partial charge on any atom is 0.293 e. The van der Waals surface area contributed by atoms with Crippen LogP contribution < -0.4 is 4.90 Å². The summed E-state index contributed by atoms with van der Waals surface area (Å²) in [5.74, 6) is 0.361. The number of benzene rings is 2. The van der Waals surface area contributed by atoms with Crippen LogP contribution in [0.4, 0.5) is 11.4 Å². The fraction of sp³-hybridized carbons (Fsp3) is 0.391. The number of nitro groups is 1. The molecule has 8 nitrogen and oxygen atoms in total. The predicted molar refractivity (Wildman–Crippen MR) is 126 cm³/mol. The van der Waals surface area contributed by atoms with Gasteiger partial charge in [-0.1, -0.05) is 32.0 Å². The molecule has 2 heterocycles. The summed E-state index contributed by atoms with van der Waals surface area (Å²) in [6.45, 7) is 5.47. The molecule has 32 heavy (non-hydrogen) atoms. The SMILES string of the molecule is CCN(CC)S(=O)(=O)c1ccc(N2CCC(c3cc4ccccc4[nH]3)CC2)c([N+](=O)[O-])c1. The summed E-state index contributed by atoms with van der Waals surface area (Å²) in [6, 6.07) is 14.6. The van der Waals surface area contributed by atoms with E-state index in [0.717, 1.165) is 18.4 Å². The van der Waals surface area contributed by atoms with Crippen molar-refractivity contribution in [3.05, 3.63) is 64.3 Å². The molecule has 1 fully saturated rings. The Morgan fingerprint density at radius 3 is 2.41 bits per heavy atom. The van der Waals surface area contributed by atoms with Gasteiger partial charge >= 0.3 is 0 Å². The van der Waals surface area contributed by atoms with Crippen LogP contribution in [0.2, 0.25) is 0 Å². The van der Waals surface area contributed by atoms with E-state index in [2.05, 4.69) is 23.2 Å². The van der Waals surface area contributed by atoms with E-state index in [-0.39, 0.29) is 10.6 Å². The Morgan fingerprint density at radius 1 is 1.09 bits per heavy atom.